The van der Waals surface area contributed by atoms with Gasteiger partial charge in [-0.05, 0) is 41.8 Å². The fraction of sp³-hybridized carbons (Fsp3) is 0.381. The third-order valence-corrected chi connectivity index (χ3v) is 5.32. The molecule has 0 radical (unpaired) electrons. The quantitative estimate of drug-likeness (QED) is 0.872. The number of carbonyl (C=O) groups excluding carboxylic acids is 1. The van der Waals surface area contributed by atoms with Crippen LogP contribution in [0, 0.1) is 0 Å². The maximum atomic E-state index is 13.5. The number of nitrogens with one attached hydrogen (secondary N) is 1. The van der Waals surface area contributed by atoms with Gasteiger partial charge in [-0.3, -0.25) is 4.79 Å². The lowest BCUT2D eigenvalue weighted by atomic mass is 10.00. The molecule has 4 nitrogen and oxygen atoms in total. The fourth-order valence-electron chi connectivity index (χ4n) is 3.89. The molecule has 4 rings (SSSR count). The summed E-state index contributed by atoms with van der Waals surface area (Å²) in [6.07, 6.45) is -3.39. The fourth-order valence-corrected chi connectivity index (χ4v) is 3.89. The molecule has 2 aromatic rings. The van der Waals surface area contributed by atoms with Crippen molar-refractivity contribution in [3.63, 3.8) is 0 Å². The topological polar surface area (TPSA) is 35.6 Å². The van der Waals surface area contributed by atoms with Gasteiger partial charge in [0.2, 0.25) is 5.91 Å². The molecule has 0 bridgehead atoms. The lowest BCUT2D eigenvalue weighted by Crippen LogP contribution is -2.43. The summed E-state index contributed by atoms with van der Waals surface area (Å²) < 4.78 is 40.5. The lowest BCUT2D eigenvalue weighted by Gasteiger charge is -2.32. The number of aryl methyl sites for hydroxylation is 1. The van der Waals surface area contributed by atoms with Crippen LogP contribution in [-0.4, -0.2) is 32.1 Å². The summed E-state index contributed by atoms with van der Waals surface area (Å²) in [7, 11) is 0. The van der Waals surface area contributed by atoms with Crippen molar-refractivity contribution in [1.29, 1.82) is 0 Å². The highest BCUT2D eigenvalue weighted by molar-refractivity contribution is 5.96. The smallest absolute Gasteiger partial charge is 0.369 e. The first-order chi connectivity index (χ1) is 13.4. The second-order valence-electron chi connectivity index (χ2n) is 7.23. The molecule has 0 aromatic heterocycles. The first-order valence-electron chi connectivity index (χ1n) is 9.47. The van der Waals surface area contributed by atoms with Gasteiger partial charge in [-0.1, -0.05) is 18.2 Å². The van der Waals surface area contributed by atoms with E-state index in [-0.39, 0.29) is 12.5 Å². The van der Waals surface area contributed by atoms with E-state index in [4.69, 9.17) is 0 Å². The molecule has 1 amide bonds. The van der Waals surface area contributed by atoms with Gasteiger partial charge in [-0.2, -0.15) is 13.2 Å². The lowest BCUT2D eigenvalue weighted by molar-refractivity contribution is -0.137. The van der Waals surface area contributed by atoms with Gasteiger partial charge in [0.1, 0.15) is 0 Å². The van der Waals surface area contributed by atoms with E-state index in [0.717, 1.165) is 30.4 Å². The van der Waals surface area contributed by atoms with E-state index < -0.39 is 11.7 Å². The second-order valence-corrected chi connectivity index (χ2v) is 7.23. The predicted molar refractivity (Wildman–Crippen MR) is 102 cm³/mol. The Kier molecular flexibility index (Phi) is 5.02. The van der Waals surface area contributed by atoms with Crippen LogP contribution in [0.1, 0.15) is 23.1 Å². The molecule has 0 aliphatic carbocycles. The monoisotopic (exact) mass is 389 g/mol. The molecule has 28 heavy (non-hydrogen) atoms. The molecule has 0 saturated carbocycles. The Morgan fingerprint density at radius 1 is 1.00 bits per heavy atom. The molecular formula is C21H22F3N3O. The van der Waals surface area contributed by atoms with Gasteiger partial charge < -0.3 is 15.1 Å². The summed E-state index contributed by atoms with van der Waals surface area (Å²) in [5, 5.41) is 3.21. The van der Waals surface area contributed by atoms with Crippen LogP contribution in [0.2, 0.25) is 0 Å². The number of carbonyl (C=O) groups is 1. The van der Waals surface area contributed by atoms with Crippen LogP contribution < -0.4 is 15.1 Å². The Balaban J connectivity index is 1.70. The third kappa shape index (κ3) is 3.85. The highest BCUT2D eigenvalue weighted by Gasteiger charge is 2.32. The Bertz CT molecular complexity index is 875. The number of hydrogen-bond donors (Lipinski definition) is 1. The van der Waals surface area contributed by atoms with Crippen LogP contribution in [0.4, 0.5) is 24.5 Å². The van der Waals surface area contributed by atoms with E-state index in [1.165, 1.54) is 6.07 Å². The minimum Gasteiger partial charge on any atom is -0.369 e. The number of piperazine rings is 1. The zero-order chi connectivity index (χ0) is 19.7. The summed E-state index contributed by atoms with van der Waals surface area (Å²) in [5.74, 6) is -0.0557. The minimum absolute atomic E-state index is 0.0557. The number of rotatable bonds is 3. The molecule has 7 heteroatoms. The van der Waals surface area contributed by atoms with Gasteiger partial charge in [0.25, 0.3) is 0 Å². The third-order valence-electron chi connectivity index (χ3n) is 5.32. The summed E-state index contributed by atoms with van der Waals surface area (Å²) in [4.78, 5) is 16.1. The van der Waals surface area contributed by atoms with Crippen LogP contribution in [0.3, 0.4) is 0 Å². The molecule has 0 atom stereocenters. The van der Waals surface area contributed by atoms with E-state index >= 15 is 0 Å². The molecule has 2 aromatic carbocycles. The standard InChI is InChI=1S/C21H22F3N3O/c22-21(23,24)17-11-15(12-18(13-17)26-9-7-25-8-10-26)14-27-19-4-2-1-3-16(19)5-6-20(27)28/h1-4,11-13,25H,5-10,14H2. The van der Waals surface area contributed by atoms with Gasteiger partial charge in [0.15, 0.2) is 0 Å². The van der Waals surface area contributed by atoms with E-state index in [1.807, 2.05) is 29.2 Å². The van der Waals surface area contributed by atoms with Gasteiger partial charge in [-0.15, -0.1) is 0 Å². The van der Waals surface area contributed by atoms with Gasteiger partial charge in [0, 0.05) is 44.0 Å². The van der Waals surface area contributed by atoms with Crippen LogP contribution in [0.15, 0.2) is 42.5 Å². The summed E-state index contributed by atoms with van der Waals surface area (Å²) >= 11 is 0. The zero-order valence-corrected chi connectivity index (χ0v) is 15.4. The van der Waals surface area contributed by atoms with Crippen LogP contribution >= 0.6 is 0 Å². The molecule has 1 fully saturated rings. The molecular weight excluding hydrogens is 367 g/mol. The highest BCUT2D eigenvalue weighted by atomic mass is 19.4. The maximum absolute atomic E-state index is 13.5. The van der Waals surface area contributed by atoms with Crippen molar-refractivity contribution in [2.45, 2.75) is 25.6 Å². The van der Waals surface area contributed by atoms with Crippen molar-refractivity contribution in [1.82, 2.24) is 5.32 Å². The second kappa shape index (κ2) is 7.47. The van der Waals surface area contributed by atoms with Crippen LogP contribution in [0.25, 0.3) is 0 Å². The molecule has 2 aliphatic rings. The Morgan fingerprint density at radius 3 is 2.50 bits per heavy atom. The number of amides is 1. The molecule has 2 aliphatic heterocycles. The summed E-state index contributed by atoms with van der Waals surface area (Å²) in [6.45, 7) is 2.93. The highest BCUT2D eigenvalue weighted by Crippen LogP contribution is 2.35. The van der Waals surface area contributed by atoms with Gasteiger partial charge in [0.05, 0.1) is 12.1 Å². The molecule has 0 unspecified atom stereocenters. The Hall–Kier alpha value is -2.54. The number of para-hydroxylation sites is 1. The largest absolute Gasteiger partial charge is 0.416 e. The van der Waals surface area contributed by atoms with Crippen molar-refractivity contribution >= 4 is 17.3 Å². The first-order valence-corrected chi connectivity index (χ1v) is 9.47. The molecule has 1 N–H and O–H groups in total. The predicted octanol–water partition coefficient (Wildman–Crippen LogP) is 3.59. The maximum Gasteiger partial charge on any atom is 0.416 e. The van der Waals surface area contributed by atoms with Gasteiger partial charge in [-0.25, -0.2) is 0 Å². The number of halogens is 3. The number of anilines is 2. The average Bonchev–Trinajstić information content (AvgIpc) is 2.70. The van der Waals surface area contributed by atoms with Crippen molar-refractivity contribution in [2.24, 2.45) is 0 Å². The summed E-state index contributed by atoms with van der Waals surface area (Å²) in [5.41, 5.74) is 2.23. The van der Waals surface area contributed by atoms with E-state index in [0.29, 0.717) is 37.2 Å². The van der Waals surface area contributed by atoms with Crippen molar-refractivity contribution in [3.05, 3.63) is 59.2 Å². The number of benzene rings is 2. The average molecular weight is 389 g/mol. The number of fused-ring (bicyclic) bond motifs is 1. The van der Waals surface area contributed by atoms with Crippen molar-refractivity contribution in [2.75, 3.05) is 36.0 Å². The van der Waals surface area contributed by atoms with Crippen molar-refractivity contribution in [3.8, 4) is 0 Å². The first kappa shape index (κ1) is 18.8. The number of alkyl halides is 3. The van der Waals surface area contributed by atoms with Crippen molar-refractivity contribution < 1.29 is 18.0 Å². The number of hydrogen-bond acceptors (Lipinski definition) is 3. The van der Waals surface area contributed by atoms with Crippen LogP contribution in [0.5, 0.6) is 0 Å². The van der Waals surface area contributed by atoms with E-state index in [1.54, 1.807) is 11.0 Å². The molecule has 2 heterocycles. The van der Waals surface area contributed by atoms with E-state index in [2.05, 4.69) is 5.32 Å². The molecule has 1 saturated heterocycles. The Labute approximate surface area is 161 Å². The molecule has 148 valence electrons. The summed E-state index contributed by atoms with van der Waals surface area (Å²) in [6, 6.07) is 11.7. The van der Waals surface area contributed by atoms with Gasteiger partial charge >= 0.3 is 6.18 Å². The number of nitrogens with zero attached hydrogens (tertiary/aromatic N) is 2. The zero-order valence-electron chi connectivity index (χ0n) is 15.4. The van der Waals surface area contributed by atoms with Crippen LogP contribution in [-0.2, 0) is 23.9 Å². The SMILES string of the molecule is O=C1CCc2ccccc2N1Cc1cc(N2CCNCC2)cc(C(F)(F)F)c1. The Morgan fingerprint density at radius 2 is 1.75 bits per heavy atom. The normalized spacial score (nSPS) is 17.6. The van der Waals surface area contributed by atoms with E-state index in [9.17, 15) is 18.0 Å². The minimum atomic E-state index is -4.43. The molecule has 0 spiro atoms.